The number of benzene rings is 1. The van der Waals surface area contributed by atoms with Crippen LogP contribution >= 0.6 is 22.9 Å². The summed E-state index contributed by atoms with van der Waals surface area (Å²) in [5.41, 5.74) is 6.76. The van der Waals surface area contributed by atoms with E-state index >= 15 is 0 Å². The van der Waals surface area contributed by atoms with E-state index in [9.17, 15) is 9.59 Å². The van der Waals surface area contributed by atoms with Crippen LogP contribution in [0.2, 0.25) is 5.02 Å². The van der Waals surface area contributed by atoms with E-state index < -0.39 is 11.5 Å². The fourth-order valence-corrected chi connectivity index (χ4v) is 3.87. The van der Waals surface area contributed by atoms with Gasteiger partial charge in [0.1, 0.15) is 22.8 Å². The van der Waals surface area contributed by atoms with Crippen LogP contribution in [0.5, 0.6) is 5.75 Å². The minimum absolute atomic E-state index is 0.0496. The van der Waals surface area contributed by atoms with Gasteiger partial charge in [-0.15, -0.1) is 11.3 Å². The normalized spacial score (nSPS) is 19.7. The van der Waals surface area contributed by atoms with Gasteiger partial charge in [0.15, 0.2) is 0 Å². The molecule has 0 bridgehead atoms. The van der Waals surface area contributed by atoms with Crippen LogP contribution < -0.4 is 10.5 Å². The third-order valence-corrected chi connectivity index (χ3v) is 5.46. The summed E-state index contributed by atoms with van der Waals surface area (Å²) in [5.74, 6) is -0.0507. The first-order valence-electron chi connectivity index (χ1n) is 8.38. The molecule has 27 heavy (non-hydrogen) atoms. The number of halogens is 1. The molecule has 2 aromatic rings. The van der Waals surface area contributed by atoms with Crippen molar-refractivity contribution in [2.45, 2.75) is 18.9 Å². The third-order valence-electron chi connectivity index (χ3n) is 4.29. The van der Waals surface area contributed by atoms with Crippen molar-refractivity contribution in [2.75, 3.05) is 26.3 Å². The summed E-state index contributed by atoms with van der Waals surface area (Å²) < 4.78 is 11.7. The van der Waals surface area contributed by atoms with Gasteiger partial charge in [-0.3, -0.25) is 9.59 Å². The van der Waals surface area contributed by atoms with Gasteiger partial charge >= 0.3 is 0 Å². The second-order valence-electron chi connectivity index (χ2n) is 6.41. The zero-order valence-corrected chi connectivity index (χ0v) is 16.4. The van der Waals surface area contributed by atoms with E-state index in [0.29, 0.717) is 34.5 Å². The Balaban J connectivity index is 1.76. The Morgan fingerprint density at radius 3 is 2.78 bits per heavy atom. The molecule has 0 saturated carbocycles. The number of aryl methyl sites for hydroxylation is 1. The molecular weight excluding hydrogens is 390 g/mol. The highest BCUT2D eigenvalue weighted by Gasteiger charge is 2.41. The average Bonchev–Trinajstić information content (AvgIpc) is 3.06. The van der Waals surface area contributed by atoms with Crippen LogP contribution in [-0.4, -0.2) is 53.6 Å². The molecule has 2 amide bonds. The molecule has 0 aliphatic carbocycles. The Morgan fingerprint density at radius 1 is 1.41 bits per heavy atom. The van der Waals surface area contributed by atoms with Crippen LogP contribution in [0.15, 0.2) is 29.8 Å². The standard InChI is InChI=1S/C18H20ClN3O4S/c1-12-16(27-11-21-12)17(24)22-6-7-26-18(9-22,8-15(20)23)10-25-14-4-2-13(19)3-5-14/h2-5,11H,6-10H2,1H3,(H2,20,23)/t18-/m0/s1. The highest BCUT2D eigenvalue weighted by molar-refractivity contribution is 7.11. The van der Waals surface area contributed by atoms with Crippen LogP contribution in [0.25, 0.3) is 0 Å². The second-order valence-corrected chi connectivity index (χ2v) is 7.70. The number of hydrogen-bond donors (Lipinski definition) is 1. The lowest BCUT2D eigenvalue weighted by molar-refractivity contribution is -0.142. The first kappa shape index (κ1) is 19.6. The van der Waals surface area contributed by atoms with Crippen molar-refractivity contribution in [2.24, 2.45) is 5.73 Å². The number of aromatic nitrogens is 1. The molecule has 1 aliphatic rings. The smallest absolute Gasteiger partial charge is 0.266 e. The van der Waals surface area contributed by atoms with Gasteiger partial charge in [0.25, 0.3) is 5.91 Å². The molecule has 2 heterocycles. The van der Waals surface area contributed by atoms with Crippen molar-refractivity contribution in [3.63, 3.8) is 0 Å². The molecule has 1 atom stereocenters. The summed E-state index contributed by atoms with van der Waals surface area (Å²) >= 11 is 7.18. The Bertz CT molecular complexity index is 826. The maximum Gasteiger partial charge on any atom is 0.266 e. The molecule has 3 rings (SSSR count). The number of amides is 2. The lowest BCUT2D eigenvalue weighted by Gasteiger charge is -2.41. The summed E-state index contributed by atoms with van der Waals surface area (Å²) in [6.07, 6.45) is -0.0496. The molecule has 9 heteroatoms. The lowest BCUT2D eigenvalue weighted by atomic mass is 9.97. The minimum atomic E-state index is -1.00. The Kier molecular flexibility index (Phi) is 5.98. The monoisotopic (exact) mass is 409 g/mol. The molecule has 0 radical (unpaired) electrons. The van der Waals surface area contributed by atoms with Gasteiger partial charge in [0.05, 0.1) is 30.8 Å². The van der Waals surface area contributed by atoms with Gasteiger partial charge in [-0.2, -0.15) is 0 Å². The number of hydrogen-bond acceptors (Lipinski definition) is 6. The number of thiazole rings is 1. The van der Waals surface area contributed by atoms with Crippen LogP contribution in [0.4, 0.5) is 0 Å². The number of nitrogens with two attached hydrogens (primary N) is 1. The predicted molar refractivity (Wildman–Crippen MR) is 102 cm³/mol. The van der Waals surface area contributed by atoms with Gasteiger partial charge in [-0.05, 0) is 31.2 Å². The average molecular weight is 410 g/mol. The molecule has 144 valence electrons. The summed E-state index contributed by atoms with van der Waals surface area (Å²) in [4.78, 5) is 30.9. The second kappa shape index (κ2) is 8.24. The van der Waals surface area contributed by atoms with Crippen LogP contribution in [0.1, 0.15) is 21.8 Å². The highest BCUT2D eigenvalue weighted by atomic mass is 35.5. The van der Waals surface area contributed by atoms with Crippen LogP contribution in [0.3, 0.4) is 0 Å². The fourth-order valence-electron chi connectivity index (χ4n) is 2.98. The van der Waals surface area contributed by atoms with Gasteiger partial charge < -0.3 is 20.1 Å². The van der Waals surface area contributed by atoms with Gasteiger partial charge in [0, 0.05) is 11.6 Å². The summed E-state index contributed by atoms with van der Waals surface area (Å²) in [5, 5.41) is 0.597. The summed E-state index contributed by atoms with van der Waals surface area (Å²) in [6, 6.07) is 6.88. The van der Waals surface area contributed by atoms with E-state index in [-0.39, 0.29) is 25.5 Å². The number of morpholine rings is 1. The van der Waals surface area contributed by atoms with Crippen molar-refractivity contribution >= 4 is 34.8 Å². The highest BCUT2D eigenvalue weighted by Crippen LogP contribution is 2.27. The maximum absolute atomic E-state index is 12.8. The van der Waals surface area contributed by atoms with Gasteiger partial charge in [0.2, 0.25) is 5.91 Å². The predicted octanol–water partition coefficient (Wildman–Crippen LogP) is 2.27. The van der Waals surface area contributed by atoms with Gasteiger partial charge in [-0.1, -0.05) is 11.6 Å². The molecule has 1 aromatic heterocycles. The fraction of sp³-hybridized carbons (Fsp3) is 0.389. The number of carbonyl (C=O) groups excluding carboxylic acids is 2. The number of carbonyl (C=O) groups is 2. The first-order chi connectivity index (χ1) is 12.9. The summed E-state index contributed by atoms with van der Waals surface area (Å²) in [7, 11) is 0. The van der Waals surface area contributed by atoms with Crippen LogP contribution in [0, 0.1) is 6.92 Å². The Hall–Kier alpha value is -2.16. The minimum Gasteiger partial charge on any atom is -0.490 e. The van der Waals surface area contributed by atoms with E-state index in [2.05, 4.69) is 4.98 Å². The van der Waals surface area contributed by atoms with Crippen molar-refractivity contribution in [1.29, 1.82) is 0 Å². The van der Waals surface area contributed by atoms with Gasteiger partial charge in [-0.25, -0.2) is 4.98 Å². The summed E-state index contributed by atoms with van der Waals surface area (Å²) in [6.45, 7) is 2.81. The molecule has 0 unspecified atom stereocenters. The van der Waals surface area contributed by atoms with E-state index in [4.69, 9.17) is 26.8 Å². The topological polar surface area (TPSA) is 94.8 Å². The van der Waals surface area contributed by atoms with Crippen molar-refractivity contribution < 1.29 is 19.1 Å². The molecule has 7 nitrogen and oxygen atoms in total. The van der Waals surface area contributed by atoms with E-state index in [1.807, 2.05) is 0 Å². The largest absolute Gasteiger partial charge is 0.490 e. The zero-order valence-electron chi connectivity index (χ0n) is 14.8. The quantitative estimate of drug-likeness (QED) is 0.789. The third kappa shape index (κ3) is 4.77. The van der Waals surface area contributed by atoms with Crippen LogP contribution in [-0.2, 0) is 9.53 Å². The number of ether oxygens (including phenoxy) is 2. The molecule has 1 saturated heterocycles. The SMILES string of the molecule is Cc1ncsc1C(=O)N1CCO[C@@](COc2ccc(Cl)cc2)(CC(N)=O)C1. The van der Waals surface area contributed by atoms with E-state index in [0.717, 1.165) is 0 Å². The molecular formula is C18H20ClN3O4S. The van der Waals surface area contributed by atoms with Crippen molar-refractivity contribution in [3.8, 4) is 5.75 Å². The van der Waals surface area contributed by atoms with Crippen molar-refractivity contribution in [3.05, 3.63) is 45.4 Å². The maximum atomic E-state index is 12.8. The lowest BCUT2D eigenvalue weighted by Crippen LogP contribution is -2.58. The number of primary amides is 1. The molecule has 1 aliphatic heterocycles. The zero-order chi connectivity index (χ0) is 19.4. The molecule has 2 N–H and O–H groups in total. The van der Waals surface area contributed by atoms with E-state index in [1.165, 1.54) is 11.3 Å². The number of nitrogens with zero attached hydrogens (tertiary/aromatic N) is 2. The molecule has 1 fully saturated rings. The van der Waals surface area contributed by atoms with E-state index in [1.54, 1.807) is 41.6 Å². The molecule has 1 aromatic carbocycles. The first-order valence-corrected chi connectivity index (χ1v) is 9.64. The molecule has 0 spiro atoms. The Morgan fingerprint density at radius 2 is 2.15 bits per heavy atom. The van der Waals surface area contributed by atoms with Crippen molar-refractivity contribution in [1.82, 2.24) is 9.88 Å². The Labute approximate surface area is 166 Å². The number of rotatable bonds is 6.